The van der Waals surface area contributed by atoms with Gasteiger partial charge in [0.1, 0.15) is 11.4 Å². The summed E-state index contributed by atoms with van der Waals surface area (Å²) in [6, 6.07) is 1.83. The minimum Gasteiger partial charge on any atom is -0.378 e. The van der Waals surface area contributed by atoms with Gasteiger partial charge in [-0.2, -0.15) is 5.10 Å². The van der Waals surface area contributed by atoms with Crippen LogP contribution in [0.2, 0.25) is 0 Å². The molecular weight excluding hydrogens is 256 g/mol. The van der Waals surface area contributed by atoms with Crippen LogP contribution in [0.5, 0.6) is 0 Å². The Morgan fingerprint density at radius 1 is 1.65 bits per heavy atom. The maximum Gasteiger partial charge on any atom is 0.246 e. The van der Waals surface area contributed by atoms with Crippen LogP contribution >= 0.6 is 0 Å². The van der Waals surface area contributed by atoms with Gasteiger partial charge in [0, 0.05) is 31.6 Å². The lowest BCUT2D eigenvalue weighted by molar-refractivity contribution is -0.166. The first kappa shape index (κ1) is 15.0. The number of amides is 1. The summed E-state index contributed by atoms with van der Waals surface area (Å²) in [5.41, 5.74) is 5.88. The fraction of sp³-hybridized carbons (Fsp3) is 0.714. The van der Waals surface area contributed by atoms with Crippen molar-refractivity contribution in [2.24, 2.45) is 18.2 Å². The number of rotatable bonds is 4. The lowest BCUT2D eigenvalue weighted by Crippen LogP contribution is -2.74. The fourth-order valence-electron chi connectivity index (χ4n) is 2.78. The molecule has 2 atom stereocenters. The Labute approximate surface area is 119 Å². The second-order valence-corrected chi connectivity index (χ2v) is 6.09. The van der Waals surface area contributed by atoms with Gasteiger partial charge in [-0.05, 0) is 13.8 Å². The van der Waals surface area contributed by atoms with E-state index in [1.54, 1.807) is 11.7 Å². The van der Waals surface area contributed by atoms with Crippen molar-refractivity contribution >= 4 is 11.7 Å². The second-order valence-electron chi connectivity index (χ2n) is 6.09. The van der Waals surface area contributed by atoms with Crippen LogP contribution in [0.4, 0.5) is 5.82 Å². The highest BCUT2D eigenvalue weighted by Crippen LogP contribution is 2.50. The van der Waals surface area contributed by atoms with E-state index in [1.165, 1.54) is 0 Å². The van der Waals surface area contributed by atoms with E-state index in [2.05, 4.69) is 10.4 Å². The number of aromatic nitrogens is 2. The topological polar surface area (TPSA) is 82.2 Å². The van der Waals surface area contributed by atoms with Crippen LogP contribution in [-0.2, 0) is 16.6 Å². The van der Waals surface area contributed by atoms with Crippen molar-refractivity contribution in [1.29, 1.82) is 0 Å². The van der Waals surface area contributed by atoms with Crippen LogP contribution in [0.3, 0.4) is 0 Å². The molecule has 1 aliphatic carbocycles. The van der Waals surface area contributed by atoms with Crippen LogP contribution in [0.25, 0.3) is 0 Å². The SMILES string of the molecule is CCOC1CC(N)(C(=O)Nc2cc(C)nn2C)C1(C)C. The van der Waals surface area contributed by atoms with Crippen molar-refractivity contribution in [3.05, 3.63) is 11.8 Å². The maximum atomic E-state index is 12.5. The van der Waals surface area contributed by atoms with Gasteiger partial charge in [0.15, 0.2) is 0 Å². The molecule has 1 amide bonds. The van der Waals surface area contributed by atoms with Gasteiger partial charge in [-0.1, -0.05) is 13.8 Å². The molecule has 0 aliphatic heterocycles. The number of anilines is 1. The number of hydrogen-bond donors (Lipinski definition) is 2. The molecule has 3 N–H and O–H groups in total. The number of carbonyl (C=O) groups is 1. The van der Waals surface area contributed by atoms with E-state index in [0.717, 1.165) is 5.69 Å². The van der Waals surface area contributed by atoms with Crippen LogP contribution in [0.1, 0.15) is 32.9 Å². The maximum absolute atomic E-state index is 12.5. The van der Waals surface area contributed by atoms with Gasteiger partial charge >= 0.3 is 0 Å². The Morgan fingerprint density at radius 3 is 2.75 bits per heavy atom. The largest absolute Gasteiger partial charge is 0.378 e. The normalized spacial score (nSPS) is 28.0. The third kappa shape index (κ3) is 2.13. The summed E-state index contributed by atoms with van der Waals surface area (Å²) < 4.78 is 7.28. The first-order chi connectivity index (χ1) is 9.22. The quantitative estimate of drug-likeness (QED) is 0.868. The summed E-state index contributed by atoms with van der Waals surface area (Å²) >= 11 is 0. The highest BCUT2D eigenvalue weighted by Gasteiger charge is 2.62. The van der Waals surface area contributed by atoms with Gasteiger partial charge in [0.2, 0.25) is 5.91 Å². The molecule has 112 valence electrons. The smallest absolute Gasteiger partial charge is 0.246 e. The molecule has 1 fully saturated rings. The number of aryl methyl sites for hydroxylation is 2. The Morgan fingerprint density at radius 2 is 2.30 bits per heavy atom. The number of nitrogens with one attached hydrogen (secondary N) is 1. The second kappa shape index (κ2) is 4.86. The lowest BCUT2D eigenvalue weighted by atomic mass is 9.54. The minimum absolute atomic E-state index is 0.0246. The summed E-state index contributed by atoms with van der Waals surface area (Å²) in [6.45, 7) is 8.42. The zero-order valence-electron chi connectivity index (χ0n) is 12.9. The standard InChI is InChI=1S/C14H24N4O2/c1-6-20-10-8-14(15,13(10,3)4)12(19)16-11-7-9(2)17-18(11)5/h7,10H,6,8,15H2,1-5H3,(H,16,19). The summed E-state index contributed by atoms with van der Waals surface area (Å²) in [6.07, 6.45) is 0.563. The number of nitrogens with two attached hydrogens (primary N) is 1. The molecule has 6 heteroatoms. The Kier molecular flexibility index (Phi) is 3.64. The van der Waals surface area contributed by atoms with Gasteiger partial charge in [0.25, 0.3) is 0 Å². The van der Waals surface area contributed by atoms with Crippen molar-refractivity contribution in [3.63, 3.8) is 0 Å². The molecule has 0 bridgehead atoms. The fourth-order valence-corrected chi connectivity index (χ4v) is 2.78. The summed E-state index contributed by atoms with van der Waals surface area (Å²) in [7, 11) is 1.79. The van der Waals surface area contributed by atoms with E-state index in [9.17, 15) is 4.79 Å². The summed E-state index contributed by atoms with van der Waals surface area (Å²) in [4.78, 5) is 12.5. The van der Waals surface area contributed by atoms with Gasteiger partial charge in [0.05, 0.1) is 11.8 Å². The van der Waals surface area contributed by atoms with Gasteiger partial charge in [-0.3, -0.25) is 9.48 Å². The molecule has 2 unspecified atom stereocenters. The lowest BCUT2D eigenvalue weighted by Gasteiger charge is -2.57. The van der Waals surface area contributed by atoms with E-state index in [1.807, 2.05) is 33.8 Å². The third-order valence-electron chi connectivity index (χ3n) is 4.48. The predicted molar refractivity (Wildman–Crippen MR) is 77.3 cm³/mol. The predicted octanol–water partition coefficient (Wildman–Crippen LogP) is 1.20. The molecule has 0 saturated heterocycles. The zero-order chi connectivity index (χ0) is 15.1. The molecule has 6 nitrogen and oxygen atoms in total. The number of carbonyl (C=O) groups excluding carboxylic acids is 1. The highest BCUT2D eigenvalue weighted by atomic mass is 16.5. The average molecular weight is 280 g/mol. The van der Waals surface area contributed by atoms with Crippen molar-refractivity contribution in [2.75, 3.05) is 11.9 Å². The van der Waals surface area contributed by atoms with Crippen LogP contribution in [0.15, 0.2) is 6.07 Å². The highest BCUT2D eigenvalue weighted by molar-refractivity contribution is 5.99. The Bertz CT molecular complexity index is 523. The molecule has 1 aromatic rings. The molecule has 1 heterocycles. The molecule has 2 rings (SSSR count). The monoisotopic (exact) mass is 280 g/mol. The molecule has 1 aliphatic rings. The molecule has 0 radical (unpaired) electrons. The van der Waals surface area contributed by atoms with Gasteiger partial charge in [-0.25, -0.2) is 0 Å². The first-order valence-corrected chi connectivity index (χ1v) is 6.95. The van der Waals surface area contributed by atoms with E-state index < -0.39 is 5.54 Å². The molecule has 20 heavy (non-hydrogen) atoms. The van der Waals surface area contributed by atoms with Crippen molar-refractivity contribution < 1.29 is 9.53 Å². The first-order valence-electron chi connectivity index (χ1n) is 6.95. The van der Waals surface area contributed by atoms with Crippen molar-refractivity contribution in [2.45, 2.75) is 45.8 Å². The van der Waals surface area contributed by atoms with Gasteiger partial charge < -0.3 is 15.8 Å². The van der Waals surface area contributed by atoms with Crippen molar-refractivity contribution in [1.82, 2.24) is 9.78 Å². The molecule has 1 saturated carbocycles. The summed E-state index contributed by atoms with van der Waals surface area (Å²) in [5.74, 6) is 0.481. The average Bonchev–Trinajstić information content (AvgIpc) is 2.67. The Hall–Kier alpha value is -1.40. The molecule has 0 aromatic carbocycles. The molecular formula is C14H24N4O2. The van der Waals surface area contributed by atoms with Crippen LogP contribution in [0, 0.1) is 12.3 Å². The van der Waals surface area contributed by atoms with E-state index in [0.29, 0.717) is 18.8 Å². The van der Waals surface area contributed by atoms with Gasteiger partial charge in [-0.15, -0.1) is 0 Å². The molecule has 0 spiro atoms. The third-order valence-corrected chi connectivity index (χ3v) is 4.48. The Balaban J connectivity index is 2.12. The number of hydrogen-bond acceptors (Lipinski definition) is 4. The minimum atomic E-state index is -0.912. The summed E-state index contributed by atoms with van der Waals surface area (Å²) in [5, 5.41) is 7.08. The molecule has 1 aromatic heterocycles. The number of nitrogens with zero attached hydrogens (tertiary/aromatic N) is 2. The van der Waals surface area contributed by atoms with E-state index in [-0.39, 0.29) is 17.4 Å². The van der Waals surface area contributed by atoms with Crippen LogP contribution < -0.4 is 11.1 Å². The zero-order valence-corrected chi connectivity index (χ0v) is 12.9. The van der Waals surface area contributed by atoms with Crippen LogP contribution in [-0.4, -0.2) is 33.9 Å². The van der Waals surface area contributed by atoms with E-state index >= 15 is 0 Å². The number of ether oxygens (including phenoxy) is 1. The van der Waals surface area contributed by atoms with Crippen molar-refractivity contribution in [3.8, 4) is 0 Å². The van der Waals surface area contributed by atoms with E-state index in [4.69, 9.17) is 10.5 Å².